The third-order valence-electron chi connectivity index (χ3n) is 4.22. The SMILES string of the molecule is CCNC(C)CCCN1C(=O)C(C)(C)c2ccccc21. The van der Waals surface area contributed by atoms with E-state index in [0.29, 0.717) is 6.04 Å². The molecule has 1 aromatic rings. The van der Waals surface area contributed by atoms with Crippen LogP contribution in [0.4, 0.5) is 5.69 Å². The van der Waals surface area contributed by atoms with Gasteiger partial charge in [-0.1, -0.05) is 25.1 Å². The van der Waals surface area contributed by atoms with E-state index >= 15 is 0 Å². The number of amides is 1. The predicted octanol–water partition coefficient (Wildman–Crippen LogP) is 3.09. The van der Waals surface area contributed by atoms with Crippen molar-refractivity contribution in [3.8, 4) is 0 Å². The number of hydrogen-bond acceptors (Lipinski definition) is 2. The van der Waals surface area contributed by atoms with Crippen LogP contribution >= 0.6 is 0 Å². The number of hydrogen-bond donors (Lipinski definition) is 1. The monoisotopic (exact) mass is 274 g/mol. The summed E-state index contributed by atoms with van der Waals surface area (Å²) in [5.41, 5.74) is 1.87. The Morgan fingerprint density at radius 3 is 2.70 bits per heavy atom. The van der Waals surface area contributed by atoms with Crippen molar-refractivity contribution in [3.63, 3.8) is 0 Å². The van der Waals surface area contributed by atoms with Gasteiger partial charge in [-0.15, -0.1) is 0 Å². The van der Waals surface area contributed by atoms with E-state index in [1.165, 1.54) is 0 Å². The molecule has 110 valence electrons. The Bertz CT molecular complexity index is 482. The van der Waals surface area contributed by atoms with Crippen molar-refractivity contribution in [2.24, 2.45) is 0 Å². The molecule has 0 fully saturated rings. The Balaban J connectivity index is 2.04. The lowest BCUT2D eigenvalue weighted by Gasteiger charge is -2.21. The van der Waals surface area contributed by atoms with Gasteiger partial charge in [0.25, 0.3) is 0 Å². The molecule has 0 saturated carbocycles. The zero-order chi connectivity index (χ0) is 14.8. The summed E-state index contributed by atoms with van der Waals surface area (Å²) in [4.78, 5) is 14.6. The molecule has 0 aliphatic carbocycles. The molecule has 1 aliphatic heterocycles. The molecule has 1 aliphatic rings. The Morgan fingerprint density at radius 2 is 2.00 bits per heavy atom. The van der Waals surface area contributed by atoms with Gasteiger partial charge in [0.05, 0.1) is 5.41 Å². The quantitative estimate of drug-likeness (QED) is 0.864. The van der Waals surface area contributed by atoms with Crippen LogP contribution < -0.4 is 10.2 Å². The minimum Gasteiger partial charge on any atom is -0.315 e. The third kappa shape index (κ3) is 2.73. The van der Waals surface area contributed by atoms with Gasteiger partial charge in [-0.25, -0.2) is 0 Å². The van der Waals surface area contributed by atoms with Crippen LogP contribution in [0.5, 0.6) is 0 Å². The Morgan fingerprint density at radius 1 is 1.30 bits per heavy atom. The molecule has 1 aromatic carbocycles. The maximum Gasteiger partial charge on any atom is 0.237 e. The lowest BCUT2D eigenvalue weighted by molar-refractivity contribution is -0.122. The molecule has 1 atom stereocenters. The van der Waals surface area contributed by atoms with Crippen LogP contribution in [-0.4, -0.2) is 25.0 Å². The molecule has 1 amide bonds. The summed E-state index contributed by atoms with van der Waals surface area (Å²) in [7, 11) is 0. The number of para-hydroxylation sites is 1. The van der Waals surface area contributed by atoms with Crippen molar-refractivity contribution in [2.75, 3.05) is 18.0 Å². The lowest BCUT2D eigenvalue weighted by atomic mass is 9.86. The summed E-state index contributed by atoms with van der Waals surface area (Å²) in [6, 6.07) is 8.69. The van der Waals surface area contributed by atoms with Crippen molar-refractivity contribution >= 4 is 11.6 Å². The number of anilines is 1. The number of fused-ring (bicyclic) bond motifs is 1. The van der Waals surface area contributed by atoms with Crippen LogP contribution in [0.15, 0.2) is 24.3 Å². The van der Waals surface area contributed by atoms with E-state index in [9.17, 15) is 4.79 Å². The van der Waals surface area contributed by atoms with E-state index in [4.69, 9.17) is 0 Å². The normalized spacial score (nSPS) is 18.2. The highest BCUT2D eigenvalue weighted by Gasteiger charge is 2.43. The largest absolute Gasteiger partial charge is 0.315 e. The highest BCUT2D eigenvalue weighted by Crippen LogP contribution is 2.41. The first-order valence-electron chi connectivity index (χ1n) is 7.63. The van der Waals surface area contributed by atoms with Gasteiger partial charge in [0.2, 0.25) is 5.91 Å². The smallest absolute Gasteiger partial charge is 0.237 e. The molecule has 2 rings (SSSR count). The molecule has 1 unspecified atom stereocenters. The number of carbonyl (C=O) groups is 1. The molecule has 1 N–H and O–H groups in total. The highest BCUT2D eigenvalue weighted by atomic mass is 16.2. The van der Waals surface area contributed by atoms with Gasteiger partial charge in [-0.05, 0) is 51.8 Å². The zero-order valence-corrected chi connectivity index (χ0v) is 13.1. The summed E-state index contributed by atoms with van der Waals surface area (Å²) in [6.07, 6.45) is 2.13. The van der Waals surface area contributed by atoms with Crippen LogP contribution in [-0.2, 0) is 10.2 Å². The maximum absolute atomic E-state index is 12.6. The standard InChI is InChI=1S/C17H26N2O/c1-5-18-13(2)9-8-12-19-15-11-7-6-10-14(15)17(3,4)16(19)20/h6-7,10-11,13,18H,5,8-9,12H2,1-4H3. The van der Waals surface area contributed by atoms with E-state index < -0.39 is 0 Å². The molecule has 20 heavy (non-hydrogen) atoms. The van der Waals surface area contributed by atoms with Gasteiger partial charge in [-0.2, -0.15) is 0 Å². The molecule has 3 heteroatoms. The first kappa shape index (κ1) is 15.0. The molecule has 0 radical (unpaired) electrons. The van der Waals surface area contributed by atoms with Crippen LogP contribution in [0.3, 0.4) is 0 Å². The predicted molar refractivity (Wildman–Crippen MR) is 84.2 cm³/mol. The van der Waals surface area contributed by atoms with E-state index in [0.717, 1.165) is 37.2 Å². The van der Waals surface area contributed by atoms with Crippen LogP contribution in [0.25, 0.3) is 0 Å². The van der Waals surface area contributed by atoms with E-state index in [-0.39, 0.29) is 11.3 Å². The average molecular weight is 274 g/mol. The second-order valence-electron chi connectivity index (χ2n) is 6.20. The number of rotatable bonds is 6. The average Bonchev–Trinajstić information content (AvgIpc) is 2.61. The summed E-state index contributed by atoms with van der Waals surface area (Å²) >= 11 is 0. The van der Waals surface area contributed by atoms with Gasteiger partial charge in [0, 0.05) is 18.3 Å². The Kier molecular flexibility index (Phi) is 4.48. The summed E-state index contributed by atoms with van der Waals surface area (Å²) in [5, 5.41) is 3.41. The molecule has 0 spiro atoms. The van der Waals surface area contributed by atoms with Crippen molar-refractivity contribution < 1.29 is 4.79 Å². The molecule has 0 bridgehead atoms. The minimum absolute atomic E-state index is 0.231. The summed E-state index contributed by atoms with van der Waals surface area (Å²) in [6.45, 7) is 10.2. The fraction of sp³-hybridized carbons (Fsp3) is 0.588. The van der Waals surface area contributed by atoms with Crippen LogP contribution in [0.2, 0.25) is 0 Å². The fourth-order valence-corrected chi connectivity index (χ4v) is 3.03. The number of carbonyl (C=O) groups excluding carboxylic acids is 1. The van der Waals surface area contributed by atoms with Gasteiger partial charge in [0.1, 0.15) is 0 Å². The van der Waals surface area contributed by atoms with Gasteiger partial charge in [-0.3, -0.25) is 4.79 Å². The van der Waals surface area contributed by atoms with Crippen molar-refractivity contribution in [3.05, 3.63) is 29.8 Å². The lowest BCUT2D eigenvalue weighted by Crippen LogP contribution is -2.37. The zero-order valence-electron chi connectivity index (χ0n) is 13.1. The molecular weight excluding hydrogens is 248 g/mol. The summed E-state index contributed by atoms with van der Waals surface area (Å²) < 4.78 is 0. The maximum atomic E-state index is 12.6. The number of nitrogens with zero attached hydrogens (tertiary/aromatic N) is 1. The minimum atomic E-state index is -0.385. The molecule has 0 saturated heterocycles. The second-order valence-corrected chi connectivity index (χ2v) is 6.20. The Hall–Kier alpha value is -1.35. The van der Waals surface area contributed by atoms with Crippen molar-refractivity contribution in [1.29, 1.82) is 0 Å². The van der Waals surface area contributed by atoms with E-state index in [2.05, 4.69) is 31.3 Å². The third-order valence-corrected chi connectivity index (χ3v) is 4.22. The van der Waals surface area contributed by atoms with Gasteiger partial charge in [0.15, 0.2) is 0 Å². The Labute approximate surface area is 122 Å². The topological polar surface area (TPSA) is 32.3 Å². The summed E-state index contributed by atoms with van der Waals surface area (Å²) in [5.74, 6) is 0.231. The van der Waals surface area contributed by atoms with Crippen LogP contribution in [0.1, 0.15) is 46.1 Å². The van der Waals surface area contributed by atoms with E-state index in [1.807, 2.05) is 30.9 Å². The highest BCUT2D eigenvalue weighted by molar-refractivity contribution is 6.07. The first-order valence-corrected chi connectivity index (χ1v) is 7.63. The van der Waals surface area contributed by atoms with Gasteiger partial charge < -0.3 is 10.2 Å². The molecule has 3 nitrogen and oxygen atoms in total. The fourth-order valence-electron chi connectivity index (χ4n) is 3.03. The number of nitrogens with one attached hydrogen (secondary N) is 1. The molecule has 0 aromatic heterocycles. The van der Waals surface area contributed by atoms with Crippen LogP contribution in [0, 0.1) is 0 Å². The first-order chi connectivity index (χ1) is 9.48. The van der Waals surface area contributed by atoms with Crippen molar-refractivity contribution in [2.45, 2.75) is 52.0 Å². The number of benzene rings is 1. The molecule has 1 heterocycles. The second kappa shape index (κ2) is 5.96. The van der Waals surface area contributed by atoms with Gasteiger partial charge >= 0.3 is 0 Å². The molecular formula is C17H26N2O. The van der Waals surface area contributed by atoms with Crippen molar-refractivity contribution in [1.82, 2.24) is 5.32 Å². The van der Waals surface area contributed by atoms with E-state index in [1.54, 1.807) is 0 Å².